The number of methoxy groups -OCH3 is 1. The Hall–Kier alpha value is -4.73. The zero-order valence-electron chi connectivity index (χ0n) is 25.5. The molecule has 1 aromatic heterocycles. The number of likely N-dealkylation sites (tertiary alicyclic amines) is 1. The van der Waals surface area contributed by atoms with Crippen molar-refractivity contribution in [3.8, 4) is 28.8 Å². The van der Waals surface area contributed by atoms with Crippen LogP contribution in [0.5, 0.6) is 11.5 Å². The molecule has 3 aromatic rings. The van der Waals surface area contributed by atoms with Crippen LogP contribution in [0.4, 0.5) is 11.6 Å². The number of anilines is 2. The number of aliphatic hydroxyl groups is 1. The van der Waals surface area contributed by atoms with Crippen LogP contribution in [-0.4, -0.2) is 96.3 Å². The zero-order valence-corrected chi connectivity index (χ0v) is 25.5. The summed E-state index contributed by atoms with van der Waals surface area (Å²) < 4.78 is 11.6. The molecule has 2 aromatic carbocycles. The van der Waals surface area contributed by atoms with Crippen LogP contribution in [0.3, 0.4) is 0 Å². The molecule has 0 spiro atoms. The lowest BCUT2D eigenvalue weighted by atomic mass is 10.1. The maximum Gasteiger partial charge on any atom is 0.255 e. The third kappa shape index (κ3) is 8.43. The Bertz CT molecular complexity index is 1500. The van der Waals surface area contributed by atoms with E-state index in [1.54, 1.807) is 47.5 Å². The van der Waals surface area contributed by atoms with Crippen LogP contribution in [0.1, 0.15) is 42.1 Å². The zero-order chi connectivity index (χ0) is 31.6. The number of nitriles is 1. The molecule has 0 unspecified atom stereocenters. The van der Waals surface area contributed by atoms with Gasteiger partial charge in [-0.1, -0.05) is 0 Å². The summed E-state index contributed by atoms with van der Waals surface area (Å²) in [5.41, 5.74) is 2.78. The quantitative estimate of drug-likeness (QED) is 0.264. The van der Waals surface area contributed by atoms with Crippen molar-refractivity contribution >= 4 is 23.5 Å². The molecule has 1 atom stereocenters. The van der Waals surface area contributed by atoms with Gasteiger partial charge in [0.1, 0.15) is 29.8 Å². The number of ether oxygens (including phenoxy) is 2. The van der Waals surface area contributed by atoms with E-state index in [0.717, 1.165) is 18.5 Å². The second kappa shape index (κ2) is 15.1. The summed E-state index contributed by atoms with van der Waals surface area (Å²) in [5, 5.41) is 25.5. The number of piperidine rings is 1. The summed E-state index contributed by atoms with van der Waals surface area (Å²) in [5.74, 6) is 0.740. The lowest BCUT2D eigenvalue weighted by molar-refractivity contribution is -0.141. The van der Waals surface area contributed by atoms with Gasteiger partial charge in [-0.05, 0) is 70.4 Å². The van der Waals surface area contributed by atoms with Gasteiger partial charge in [0.2, 0.25) is 5.95 Å². The van der Waals surface area contributed by atoms with Gasteiger partial charge in [0.15, 0.2) is 0 Å². The lowest BCUT2D eigenvalue weighted by Crippen LogP contribution is -2.45. The second-order valence-corrected chi connectivity index (χ2v) is 10.9. The van der Waals surface area contributed by atoms with Crippen LogP contribution >= 0.6 is 0 Å². The molecule has 2 amide bonds. The van der Waals surface area contributed by atoms with Gasteiger partial charge in [0.25, 0.3) is 11.8 Å². The molecule has 12 nitrogen and oxygen atoms in total. The number of amides is 2. The lowest BCUT2D eigenvalue weighted by Gasteiger charge is -2.33. The van der Waals surface area contributed by atoms with Crippen LogP contribution < -0.4 is 20.1 Å². The predicted molar refractivity (Wildman–Crippen MR) is 166 cm³/mol. The van der Waals surface area contributed by atoms with Crippen molar-refractivity contribution in [2.75, 3.05) is 52.7 Å². The van der Waals surface area contributed by atoms with Crippen LogP contribution in [-0.2, 0) is 4.79 Å². The van der Waals surface area contributed by atoms with E-state index in [4.69, 9.17) is 9.47 Å². The molecule has 0 saturated carbocycles. The molecule has 12 heteroatoms. The maximum atomic E-state index is 12.7. The number of benzene rings is 2. The predicted octanol–water partition coefficient (Wildman–Crippen LogP) is 3.20. The van der Waals surface area contributed by atoms with Gasteiger partial charge in [0, 0.05) is 56.0 Å². The first kappa shape index (κ1) is 32.2. The summed E-state index contributed by atoms with van der Waals surface area (Å²) in [7, 11) is 5.50. The van der Waals surface area contributed by atoms with E-state index in [9.17, 15) is 20.0 Å². The maximum absolute atomic E-state index is 12.7. The Kier molecular flexibility index (Phi) is 11.1. The third-order valence-electron chi connectivity index (χ3n) is 7.23. The van der Waals surface area contributed by atoms with E-state index in [-0.39, 0.29) is 17.9 Å². The molecule has 44 heavy (non-hydrogen) atoms. The first-order valence-corrected chi connectivity index (χ1v) is 14.6. The monoisotopic (exact) mass is 601 g/mol. The van der Waals surface area contributed by atoms with Crippen molar-refractivity contribution in [2.24, 2.45) is 0 Å². The summed E-state index contributed by atoms with van der Waals surface area (Å²) in [6.45, 7) is 3.89. The summed E-state index contributed by atoms with van der Waals surface area (Å²) in [6.07, 6.45) is 2.52. The number of nitrogens with zero attached hydrogens (tertiary/aromatic N) is 5. The Morgan fingerprint density at radius 2 is 1.93 bits per heavy atom. The molecule has 0 bridgehead atoms. The molecule has 0 aliphatic carbocycles. The van der Waals surface area contributed by atoms with Gasteiger partial charge >= 0.3 is 0 Å². The first-order valence-electron chi connectivity index (χ1n) is 14.6. The molecular formula is C32H39N7O5. The molecule has 1 fully saturated rings. The van der Waals surface area contributed by atoms with E-state index < -0.39 is 6.10 Å². The van der Waals surface area contributed by atoms with Crippen molar-refractivity contribution in [1.82, 2.24) is 25.1 Å². The van der Waals surface area contributed by atoms with Gasteiger partial charge in [0.05, 0.1) is 23.9 Å². The largest absolute Gasteiger partial charge is 0.496 e. The number of nitrogens with one attached hydrogen (secondary N) is 2. The van der Waals surface area contributed by atoms with Gasteiger partial charge < -0.3 is 35.0 Å². The highest BCUT2D eigenvalue weighted by molar-refractivity contribution is 5.97. The molecular weight excluding hydrogens is 562 g/mol. The Morgan fingerprint density at radius 1 is 1.16 bits per heavy atom. The van der Waals surface area contributed by atoms with Gasteiger partial charge in [-0.25, -0.2) is 9.97 Å². The molecule has 4 rings (SSSR count). The fraction of sp³-hybridized carbons (Fsp3) is 0.406. The Balaban J connectivity index is 1.41. The van der Waals surface area contributed by atoms with E-state index in [0.29, 0.717) is 72.4 Å². The average Bonchev–Trinajstić information content (AvgIpc) is 3.03. The van der Waals surface area contributed by atoms with Crippen LogP contribution in [0.15, 0.2) is 48.7 Å². The number of aromatic nitrogens is 2. The summed E-state index contributed by atoms with van der Waals surface area (Å²) in [6, 6.07) is 14.5. The number of aliphatic hydroxyl groups excluding tert-OH is 1. The van der Waals surface area contributed by atoms with E-state index >= 15 is 0 Å². The SMILES string of the molecule is COc1cc(Nc2nccc(-c3ccc(OC4CCN(C(=O)[C@H](C)O)CC4)c(C#N)c3)n2)ccc1C(=O)NCCCN(C)C. The normalized spacial score (nSPS) is 14.1. The van der Waals surface area contributed by atoms with E-state index in [1.165, 1.54) is 14.0 Å². The van der Waals surface area contributed by atoms with Crippen molar-refractivity contribution in [3.05, 3.63) is 59.8 Å². The van der Waals surface area contributed by atoms with E-state index in [1.807, 2.05) is 20.2 Å². The minimum Gasteiger partial charge on any atom is -0.496 e. The average molecular weight is 602 g/mol. The highest BCUT2D eigenvalue weighted by Crippen LogP contribution is 2.29. The molecule has 2 heterocycles. The smallest absolute Gasteiger partial charge is 0.255 e. The van der Waals surface area contributed by atoms with Crippen LogP contribution in [0.2, 0.25) is 0 Å². The summed E-state index contributed by atoms with van der Waals surface area (Å²) >= 11 is 0. The van der Waals surface area contributed by atoms with Crippen LogP contribution in [0.25, 0.3) is 11.3 Å². The highest BCUT2D eigenvalue weighted by atomic mass is 16.5. The van der Waals surface area contributed by atoms with Crippen molar-refractivity contribution in [2.45, 2.75) is 38.4 Å². The topological polar surface area (TPSA) is 153 Å². The number of carbonyl (C=O) groups is 2. The fourth-order valence-electron chi connectivity index (χ4n) is 4.88. The molecule has 1 aliphatic heterocycles. The van der Waals surface area contributed by atoms with Gasteiger partial charge in [-0.3, -0.25) is 9.59 Å². The first-order chi connectivity index (χ1) is 21.2. The second-order valence-electron chi connectivity index (χ2n) is 10.9. The molecule has 232 valence electrons. The minimum atomic E-state index is -1.02. The van der Waals surface area contributed by atoms with Crippen molar-refractivity contribution in [3.63, 3.8) is 0 Å². The van der Waals surface area contributed by atoms with E-state index in [2.05, 4.69) is 31.6 Å². The molecule has 3 N–H and O–H groups in total. The summed E-state index contributed by atoms with van der Waals surface area (Å²) in [4.78, 5) is 37.4. The Labute approximate surface area is 257 Å². The van der Waals surface area contributed by atoms with Crippen molar-refractivity contribution in [1.29, 1.82) is 5.26 Å². The molecule has 1 aliphatic rings. The molecule has 0 radical (unpaired) electrons. The number of hydrogen-bond acceptors (Lipinski definition) is 10. The van der Waals surface area contributed by atoms with Crippen molar-refractivity contribution < 1.29 is 24.2 Å². The van der Waals surface area contributed by atoms with Gasteiger partial charge in [-0.2, -0.15) is 5.26 Å². The Morgan fingerprint density at radius 3 is 2.61 bits per heavy atom. The number of hydrogen-bond donors (Lipinski definition) is 3. The number of rotatable bonds is 12. The minimum absolute atomic E-state index is 0.140. The highest BCUT2D eigenvalue weighted by Gasteiger charge is 2.26. The number of carbonyl (C=O) groups excluding carboxylic acids is 2. The molecule has 1 saturated heterocycles. The fourth-order valence-corrected chi connectivity index (χ4v) is 4.88. The van der Waals surface area contributed by atoms with Crippen LogP contribution in [0, 0.1) is 11.3 Å². The van der Waals surface area contributed by atoms with Gasteiger partial charge in [-0.15, -0.1) is 0 Å². The standard InChI is InChI=1S/C32H39N7O5/c1-21(40)31(42)39-16-11-25(12-17-39)44-28-9-6-22(18-23(28)20-33)27-10-14-35-32(37-27)36-24-7-8-26(29(19-24)43-4)30(41)34-13-5-15-38(2)3/h6-10,14,18-19,21,25,40H,5,11-13,15-17H2,1-4H3,(H,34,41)(H,35,36,37)/t21-/m0/s1. The third-order valence-corrected chi connectivity index (χ3v) is 7.23.